The molecule has 1 fully saturated rings. The van der Waals surface area contributed by atoms with Gasteiger partial charge in [0.15, 0.2) is 5.65 Å². The molecule has 1 aromatic carbocycles. The molecule has 0 unspecified atom stereocenters. The largest absolute Gasteiger partial charge is 0.433 e. The van der Waals surface area contributed by atoms with Gasteiger partial charge in [0.2, 0.25) is 0 Å². The molecule has 0 aliphatic carbocycles. The first-order valence-corrected chi connectivity index (χ1v) is 10.1. The monoisotopic (exact) mass is 431 g/mol. The molecule has 4 rings (SSSR count). The molecule has 9 heteroatoms. The first kappa shape index (κ1) is 21.1. The van der Waals surface area contributed by atoms with Crippen molar-refractivity contribution in [3.63, 3.8) is 0 Å². The number of anilines is 1. The second-order valence-electron chi connectivity index (χ2n) is 8.13. The third-order valence-corrected chi connectivity index (χ3v) is 5.67. The lowest BCUT2D eigenvalue weighted by Gasteiger charge is -2.32. The fourth-order valence-corrected chi connectivity index (χ4v) is 4.00. The molecule has 2 aromatic heterocycles. The summed E-state index contributed by atoms with van der Waals surface area (Å²) in [5.74, 6) is -0.202. The van der Waals surface area contributed by atoms with E-state index >= 15 is 0 Å². The van der Waals surface area contributed by atoms with E-state index in [-0.39, 0.29) is 17.5 Å². The van der Waals surface area contributed by atoms with Crippen molar-refractivity contribution in [1.82, 2.24) is 19.5 Å². The first-order chi connectivity index (χ1) is 14.6. The molecule has 3 aromatic rings. The average Bonchev–Trinajstić information content (AvgIpc) is 3.11. The number of rotatable bonds is 3. The molecule has 164 valence electrons. The van der Waals surface area contributed by atoms with Gasteiger partial charge < -0.3 is 9.80 Å². The van der Waals surface area contributed by atoms with E-state index < -0.39 is 11.9 Å². The number of carbonyl (C=O) groups excluding carboxylic acids is 1. The van der Waals surface area contributed by atoms with Gasteiger partial charge in [0.05, 0.1) is 5.69 Å². The summed E-state index contributed by atoms with van der Waals surface area (Å²) in [5, 5.41) is 3.93. The Morgan fingerprint density at radius 2 is 1.84 bits per heavy atom. The van der Waals surface area contributed by atoms with Crippen LogP contribution in [0.1, 0.15) is 46.2 Å². The van der Waals surface area contributed by atoms with E-state index in [1.165, 1.54) is 0 Å². The predicted octanol–water partition coefficient (Wildman–Crippen LogP) is 4.14. The molecule has 1 aliphatic rings. The molecule has 0 bridgehead atoms. The number of halogens is 3. The Kier molecular flexibility index (Phi) is 5.36. The highest BCUT2D eigenvalue weighted by molar-refractivity contribution is 5.95. The fraction of sp³-hybridized carbons (Fsp3) is 0.409. The summed E-state index contributed by atoms with van der Waals surface area (Å²) in [4.78, 5) is 21.0. The summed E-state index contributed by atoms with van der Waals surface area (Å²) in [6.07, 6.45) is -3.40. The van der Waals surface area contributed by atoms with Crippen molar-refractivity contribution in [1.29, 1.82) is 0 Å². The van der Waals surface area contributed by atoms with Crippen LogP contribution in [0.15, 0.2) is 36.4 Å². The zero-order chi connectivity index (χ0) is 22.3. The van der Waals surface area contributed by atoms with Gasteiger partial charge >= 0.3 is 6.18 Å². The van der Waals surface area contributed by atoms with Gasteiger partial charge in [-0.2, -0.15) is 18.3 Å². The Labute approximate surface area is 178 Å². The van der Waals surface area contributed by atoms with E-state index in [2.05, 4.69) is 10.1 Å². The summed E-state index contributed by atoms with van der Waals surface area (Å²) < 4.78 is 41.6. The summed E-state index contributed by atoms with van der Waals surface area (Å²) in [5.41, 5.74) is 1.81. The fourth-order valence-electron chi connectivity index (χ4n) is 4.00. The van der Waals surface area contributed by atoms with Crippen molar-refractivity contribution >= 4 is 17.2 Å². The third-order valence-electron chi connectivity index (χ3n) is 5.67. The van der Waals surface area contributed by atoms with Crippen molar-refractivity contribution in [2.24, 2.45) is 0 Å². The minimum Gasteiger partial charge on any atom is -0.378 e. The highest BCUT2D eigenvalue weighted by atomic mass is 19.4. The maximum atomic E-state index is 13.6. The van der Waals surface area contributed by atoms with Gasteiger partial charge in [0.1, 0.15) is 5.69 Å². The minimum absolute atomic E-state index is 0.0621. The number of benzene rings is 1. The normalized spacial score (nSPS) is 15.5. The number of piperidine rings is 1. The quantitative estimate of drug-likeness (QED) is 0.626. The molecule has 6 nitrogen and oxygen atoms in total. The van der Waals surface area contributed by atoms with Crippen molar-refractivity contribution in [3.8, 4) is 0 Å². The summed E-state index contributed by atoms with van der Waals surface area (Å²) >= 11 is 0. The second-order valence-corrected chi connectivity index (χ2v) is 8.13. The molecule has 0 spiro atoms. The highest BCUT2D eigenvalue weighted by Gasteiger charge is 2.36. The van der Waals surface area contributed by atoms with E-state index in [9.17, 15) is 18.0 Å². The van der Waals surface area contributed by atoms with E-state index in [1.54, 1.807) is 24.0 Å². The number of hydrogen-bond acceptors (Lipinski definition) is 4. The van der Waals surface area contributed by atoms with Gasteiger partial charge in [-0.3, -0.25) is 4.79 Å². The van der Waals surface area contributed by atoms with Crippen molar-refractivity contribution in [2.75, 3.05) is 32.1 Å². The molecular formula is C22H24F3N5O. The Hall–Kier alpha value is -3.10. The van der Waals surface area contributed by atoms with Crippen LogP contribution in [-0.4, -0.2) is 52.6 Å². The maximum absolute atomic E-state index is 13.6. The van der Waals surface area contributed by atoms with Crippen LogP contribution in [0.5, 0.6) is 0 Å². The molecular weight excluding hydrogens is 407 g/mol. The Balaban J connectivity index is 1.53. The molecule has 0 atom stereocenters. The minimum atomic E-state index is -4.53. The predicted molar refractivity (Wildman–Crippen MR) is 111 cm³/mol. The molecule has 31 heavy (non-hydrogen) atoms. The molecule has 1 aliphatic heterocycles. The van der Waals surface area contributed by atoms with E-state index in [1.807, 2.05) is 37.2 Å². The van der Waals surface area contributed by atoms with E-state index in [0.717, 1.165) is 16.3 Å². The summed E-state index contributed by atoms with van der Waals surface area (Å²) in [6, 6.07) is 10.1. The highest BCUT2D eigenvalue weighted by Crippen LogP contribution is 2.34. The lowest BCUT2D eigenvalue weighted by Crippen LogP contribution is -2.38. The van der Waals surface area contributed by atoms with Crippen LogP contribution in [-0.2, 0) is 6.18 Å². The number of aryl methyl sites for hydroxylation is 1. The van der Waals surface area contributed by atoms with Crippen LogP contribution in [0.25, 0.3) is 5.65 Å². The standard InChI is InChI=1S/C22H24F3N5O/c1-14-11-20-26-18(13-19(22(23,24)25)30(20)27-14)15-7-9-29(10-8-15)21(31)16-5-4-6-17(12-16)28(2)3/h4-6,11-13,15H,7-10H2,1-3H3. The number of aromatic nitrogens is 3. The zero-order valence-corrected chi connectivity index (χ0v) is 17.6. The van der Waals surface area contributed by atoms with Gasteiger partial charge in [-0.15, -0.1) is 0 Å². The van der Waals surface area contributed by atoms with Crippen molar-refractivity contribution < 1.29 is 18.0 Å². The Morgan fingerprint density at radius 3 is 2.48 bits per heavy atom. The van der Waals surface area contributed by atoms with Crippen LogP contribution < -0.4 is 4.90 Å². The van der Waals surface area contributed by atoms with Gasteiger partial charge in [-0.05, 0) is 44.0 Å². The molecule has 0 radical (unpaired) electrons. The van der Waals surface area contributed by atoms with Crippen molar-refractivity contribution in [3.05, 3.63) is 59.0 Å². The van der Waals surface area contributed by atoms with Gasteiger partial charge in [-0.1, -0.05) is 6.07 Å². The maximum Gasteiger partial charge on any atom is 0.433 e. The van der Waals surface area contributed by atoms with Gasteiger partial charge in [0, 0.05) is 56.1 Å². The second kappa shape index (κ2) is 7.86. The van der Waals surface area contributed by atoms with Crippen LogP contribution in [0.4, 0.5) is 18.9 Å². The first-order valence-electron chi connectivity index (χ1n) is 10.1. The van der Waals surface area contributed by atoms with Crippen molar-refractivity contribution in [2.45, 2.75) is 31.9 Å². The topological polar surface area (TPSA) is 53.7 Å². The molecule has 0 N–H and O–H groups in total. The number of alkyl halides is 3. The van der Waals surface area contributed by atoms with Gasteiger partial charge in [0.25, 0.3) is 5.91 Å². The molecule has 1 amide bonds. The van der Waals surface area contributed by atoms with E-state index in [4.69, 9.17) is 0 Å². The number of amides is 1. The Morgan fingerprint density at radius 1 is 1.13 bits per heavy atom. The average molecular weight is 431 g/mol. The number of hydrogen-bond donors (Lipinski definition) is 0. The summed E-state index contributed by atoms with van der Waals surface area (Å²) in [6.45, 7) is 2.59. The van der Waals surface area contributed by atoms with Crippen LogP contribution in [0.2, 0.25) is 0 Å². The number of carbonyl (C=O) groups is 1. The molecule has 3 heterocycles. The zero-order valence-electron chi connectivity index (χ0n) is 17.6. The van der Waals surface area contributed by atoms with Crippen LogP contribution in [0.3, 0.4) is 0 Å². The lowest BCUT2D eigenvalue weighted by molar-refractivity contribution is -0.142. The molecule has 1 saturated heterocycles. The van der Waals surface area contributed by atoms with Crippen LogP contribution in [0, 0.1) is 6.92 Å². The lowest BCUT2D eigenvalue weighted by atomic mass is 9.92. The number of likely N-dealkylation sites (tertiary alicyclic amines) is 1. The number of fused-ring (bicyclic) bond motifs is 1. The Bertz CT molecular complexity index is 1110. The van der Waals surface area contributed by atoms with E-state index in [0.29, 0.717) is 42.9 Å². The smallest absolute Gasteiger partial charge is 0.378 e. The molecule has 0 saturated carbocycles. The number of nitrogens with zero attached hydrogens (tertiary/aromatic N) is 5. The SMILES string of the molecule is Cc1cc2nc(C3CCN(C(=O)c4cccc(N(C)C)c4)CC3)cc(C(F)(F)F)n2n1. The third kappa shape index (κ3) is 4.22. The van der Waals surface area contributed by atoms with Crippen LogP contribution >= 0.6 is 0 Å². The summed E-state index contributed by atoms with van der Waals surface area (Å²) in [7, 11) is 3.83. The van der Waals surface area contributed by atoms with Gasteiger partial charge in [-0.25, -0.2) is 9.50 Å².